The van der Waals surface area contributed by atoms with Crippen molar-refractivity contribution in [1.82, 2.24) is 0 Å². The maximum absolute atomic E-state index is 4.53. The molecule has 0 amide bonds. The van der Waals surface area contributed by atoms with Gasteiger partial charge in [-0.1, -0.05) is 175 Å². The molecule has 0 aliphatic carbocycles. The summed E-state index contributed by atoms with van der Waals surface area (Å²) in [5.41, 5.74) is 16.8. The summed E-state index contributed by atoms with van der Waals surface area (Å²) in [6, 6.07) is 91.9. The SMILES string of the molecule is CCc1cc2c(-c3ccccc3)cccc2[cH-]1.CCc1cc2c(-c3ccccc3)cccc2[cH-]1.CCc1cc2c(CC)cccc2[cH-]1.CCc1cc2c(CC)cccc2[cH-]1.CCc1cc2ccccc2[cH-]1.CCc1cc2ccccc2[cH-]1.C[CH-]C.C[CH-]C.C[CH-]C.[CH-]=[SiH2].[CH-]=[SiH2].[CH-]=[SiH2].[Zr+4].[Zr+4].[Zr+4]. The Morgan fingerprint density at radius 2 is 0.470 bits per heavy atom. The molecule has 0 saturated carbocycles. The van der Waals surface area contributed by atoms with Gasteiger partial charge in [0.1, 0.15) is 0 Å². The van der Waals surface area contributed by atoms with Gasteiger partial charge in [-0.2, -0.15) is 77.9 Å². The third-order valence-corrected chi connectivity index (χ3v) is 16.2. The first kappa shape index (κ1) is 94.3. The normalized spacial score (nSPS) is 9.54. The molecule has 0 aliphatic rings. The molecule has 0 saturated heterocycles. The molecule has 0 nitrogen and oxygen atoms in total. The van der Waals surface area contributed by atoms with Gasteiger partial charge in [-0.15, -0.1) is 219 Å². The quantitative estimate of drug-likeness (QED) is 0.0946. The minimum absolute atomic E-state index is 0. The van der Waals surface area contributed by atoms with Crippen LogP contribution in [0.4, 0.5) is 0 Å². The van der Waals surface area contributed by atoms with Gasteiger partial charge in [-0.25, -0.2) is 29.6 Å². The summed E-state index contributed by atoms with van der Waals surface area (Å²) in [5, 5.41) is 16.6. The second-order valence-corrected chi connectivity index (χ2v) is 23.2. The van der Waals surface area contributed by atoms with E-state index in [9.17, 15) is 0 Å². The molecule has 100 heavy (non-hydrogen) atoms. The minimum Gasteiger partial charge on any atom is -0.533 e. The number of rotatable bonds is 10. The van der Waals surface area contributed by atoms with Crippen molar-refractivity contribution >= 4 is 113 Å². The van der Waals surface area contributed by atoms with Crippen molar-refractivity contribution < 1.29 is 78.6 Å². The van der Waals surface area contributed by atoms with E-state index in [2.05, 4.69) is 329 Å². The molecule has 0 heterocycles. The Bertz CT molecular complexity index is 3980. The Morgan fingerprint density at radius 1 is 0.250 bits per heavy atom. The first-order valence-corrected chi connectivity index (χ1v) is 37.5. The molecule has 0 radical (unpaired) electrons. The van der Waals surface area contributed by atoms with Gasteiger partial charge in [-0.05, 0) is 62.5 Å². The zero-order chi connectivity index (χ0) is 71.3. The predicted molar refractivity (Wildman–Crippen MR) is 454 cm³/mol. The summed E-state index contributed by atoms with van der Waals surface area (Å²) in [6.45, 7) is 29.6. The minimum atomic E-state index is 0. The number of aryl methyl sites for hydroxylation is 8. The monoisotopic (exact) mass is 1590 g/mol. The summed E-state index contributed by atoms with van der Waals surface area (Å²) < 4.78 is 0. The number of benzene rings is 8. The molecule has 0 aromatic heterocycles. The summed E-state index contributed by atoms with van der Waals surface area (Å²) >= 11 is 0. The molecule has 0 fully saturated rings. The van der Waals surface area contributed by atoms with Gasteiger partial charge in [0.05, 0.1) is 0 Å². The standard InChI is InChI=1S/2C17H15.2C13H15.2C11H11.3C3H7.3CH3Si.3Zr/c2*1-2-13-11-15-9-6-10-16(17(15)12-13)14-7-4-3-5-8-14;2*1-3-10-8-12-7-5-6-11(4-2)13(12)9-10;2*1-2-9-7-10-5-3-4-6-11(10)8-9;3*1-3-2;3*1-2;;;/h2*3-12H,2H2,1H3;2*5-9H,3-4H2,1-2H3;2*3-8H,2H2,1H3;3*3H,1-2H3;3*1H,2H2;;;/q12*-1;3*+4. The Balaban J connectivity index is 0.00000113. The first-order chi connectivity index (χ1) is 47.5. The smallest absolute Gasteiger partial charge is 0.533 e. The number of fused-ring (bicyclic) bond motifs is 6. The summed E-state index contributed by atoms with van der Waals surface area (Å²) in [5.74, 6) is 0. The average Bonchev–Trinajstić information content (AvgIpc) is 1.64. The van der Waals surface area contributed by atoms with Crippen LogP contribution >= 0.6 is 0 Å². The van der Waals surface area contributed by atoms with Crippen LogP contribution in [0.25, 0.3) is 86.9 Å². The van der Waals surface area contributed by atoms with E-state index >= 15 is 0 Å². The molecule has 0 bridgehead atoms. The molecule has 512 valence electrons. The van der Waals surface area contributed by atoms with Gasteiger partial charge in [0.25, 0.3) is 0 Å². The van der Waals surface area contributed by atoms with Crippen molar-refractivity contribution in [2.45, 2.75) is 148 Å². The zero-order valence-corrected chi connectivity index (χ0v) is 74.6. The van der Waals surface area contributed by atoms with Gasteiger partial charge >= 0.3 is 78.6 Å². The predicted octanol–water partition coefficient (Wildman–Crippen LogP) is 23.7. The van der Waals surface area contributed by atoms with E-state index in [0.717, 1.165) is 51.4 Å². The van der Waals surface area contributed by atoms with E-state index < -0.39 is 0 Å². The number of hydrogen-bond acceptors (Lipinski definition) is 0. The topological polar surface area (TPSA) is 0 Å². The zero-order valence-electron chi connectivity index (χ0n) is 63.0. The Kier molecular flexibility index (Phi) is 52.7. The van der Waals surface area contributed by atoms with Gasteiger partial charge in [0, 0.05) is 0 Å². The van der Waals surface area contributed by atoms with Crippen molar-refractivity contribution in [3.63, 3.8) is 0 Å². The van der Waals surface area contributed by atoms with E-state index in [1.807, 2.05) is 60.8 Å². The molecule has 0 N–H and O–H groups in total. The first-order valence-electron chi connectivity index (χ1n) is 35.1. The average molecular weight is 1600 g/mol. The van der Waals surface area contributed by atoms with Gasteiger partial charge in [-0.3, -0.25) is 0 Å². The van der Waals surface area contributed by atoms with Crippen molar-refractivity contribution in [3.8, 4) is 22.3 Å². The van der Waals surface area contributed by atoms with E-state index in [4.69, 9.17) is 0 Å². The van der Waals surface area contributed by atoms with E-state index in [-0.39, 0.29) is 78.6 Å². The Morgan fingerprint density at radius 3 is 0.740 bits per heavy atom. The molecule has 0 unspecified atom stereocenters. The van der Waals surface area contributed by atoms with E-state index in [0.29, 0.717) is 0 Å². The molecule has 0 atom stereocenters. The Labute approximate surface area is 673 Å². The molecule has 14 aromatic rings. The second-order valence-electron chi connectivity index (χ2n) is 23.2. The third-order valence-electron chi connectivity index (χ3n) is 16.2. The summed E-state index contributed by atoms with van der Waals surface area (Å²) in [7, 11) is 4.08. The van der Waals surface area contributed by atoms with Crippen molar-refractivity contribution in [1.29, 1.82) is 0 Å². The van der Waals surface area contributed by atoms with Crippen LogP contribution in [0, 0.1) is 19.3 Å². The molecule has 6 heteroatoms. The molecule has 0 spiro atoms. The number of hydrogen-bond donors (Lipinski definition) is 0. The second kappa shape index (κ2) is 55.9. The summed E-state index contributed by atoms with van der Waals surface area (Å²) in [4.78, 5) is 0. The molecular weight excluding hydrogens is 1490 g/mol. The maximum Gasteiger partial charge on any atom is 4.00 e. The van der Waals surface area contributed by atoms with Crippen molar-refractivity contribution in [2.24, 2.45) is 0 Å². The van der Waals surface area contributed by atoms with Crippen LogP contribution in [0.1, 0.15) is 141 Å². The third kappa shape index (κ3) is 30.0. The van der Waals surface area contributed by atoms with E-state index in [1.165, 1.54) is 161 Å². The van der Waals surface area contributed by atoms with Crippen LogP contribution in [0.5, 0.6) is 0 Å². The van der Waals surface area contributed by atoms with Gasteiger partial charge < -0.3 is 37.8 Å². The largest absolute Gasteiger partial charge is 4.00 e. The maximum atomic E-state index is 4.53. The van der Waals surface area contributed by atoms with E-state index in [1.54, 1.807) is 0 Å². The summed E-state index contributed by atoms with van der Waals surface area (Å²) in [6.07, 6.45) is 28.6. The van der Waals surface area contributed by atoms with Crippen LogP contribution < -0.4 is 0 Å². The van der Waals surface area contributed by atoms with Crippen LogP contribution in [0.3, 0.4) is 0 Å². The van der Waals surface area contributed by atoms with Gasteiger partial charge in [0.15, 0.2) is 0 Å². The molecular formula is C94H112Si3Zr3. The van der Waals surface area contributed by atoms with Crippen molar-refractivity contribution in [3.05, 3.63) is 319 Å². The van der Waals surface area contributed by atoms with Gasteiger partial charge in [0.2, 0.25) is 0 Å². The fourth-order valence-corrected chi connectivity index (χ4v) is 11.3. The van der Waals surface area contributed by atoms with Crippen LogP contribution in [0.15, 0.2) is 255 Å². The molecule has 14 aromatic carbocycles. The van der Waals surface area contributed by atoms with Crippen LogP contribution in [0.2, 0.25) is 0 Å². The fourth-order valence-electron chi connectivity index (χ4n) is 11.3. The fraction of sp³-hybridized carbons (Fsp3) is 0.234. The molecule has 14 rings (SSSR count). The molecule has 0 aliphatic heterocycles. The van der Waals surface area contributed by atoms with Crippen molar-refractivity contribution in [2.75, 3.05) is 0 Å². The van der Waals surface area contributed by atoms with Crippen LogP contribution in [-0.2, 0) is 130 Å². The Hall–Kier alpha value is -5.67. The van der Waals surface area contributed by atoms with Crippen LogP contribution in [-0.4, -0.2) is 48.1 Å².